The van der Waals surface area contributed by atoms with Crippen LogP contribution in [-0.4, -0.2) is 23.5 Å². The summed E-state index contributed by atoms with van der Waals surface area (Å²) in [6.45, 7) is 0. The molecule has 0 unspecified atom stereocenters. The van der Waals surface area contributed by atoms with E-state index in [-0.39, 0.29) is 11.5 Å². The van der Waals surface area contributed by atoms with Crippen molar-refractivity contribution in [2.24, 2.45) is 4.99 Å². The van der Waals surface area contributed by atoms with Crippen molar-refractivity contribution in [1.82, 2.24) is 0 Å². The summed E-state index contributed by atoms with van der Waals surface area (Å²) in [4.78, 5) is 4.31. The van der Waals surface area contributed by atoms with Crippen molar-refractivity contribution in [2.75, 3.05) is 7.11 Å². The summed E-state index contributed by atoms with van der Waals surface area (Å²) in [5.41, 5.74) is 1.15. The zero-order chi connectivity index (χ0) is 14.7. The number of benzene rings is 2. The van der Waals surface area contributed by atoms with Crippen LogP contribution in [0.2, 0.25) is 0 Å². The summed E-state index contributed by atoms with van der Waals surface area (Å²) < 4.78 is 6.32. The van der Waals surface area contributed by atoms with Crippen LogP contribution in [0.1, 0.15) is 5.56 Å². The summed E-state index contributed by atoms with van der Waals surface area (Å²) in [7, 11) is 1.49. The highest BCUT2D eigenvalue weighted by Crippen LogP contribution is 2.37. The molecule has 2 N–H and O–H groups in total. The summed E-state index contributed by atoms with van der Waals surface area (Å²) >= 11 is 6.65. The maximum Gasteiger partial charge on any atom is 0.166 e. The summed E-state index contributed by atoms with van der Waals surface area (Å²) in [6, 6.07) is 8.25. The second-order valence-electron chi connectivity index (χ2n) is 3.91. The number of para-hydroxylation sites is 1. The van der Waals surface area contributed by atoms with Gasteiger partial charge in [0, 0.05) is 20.7 Å². The Morgan fingerprint density at radius 1 is 1.15 bits per heavy atom. The number of hydrogen-bond acceptors (Lipinski definition) is 4. The smallest absolute Gasteiger partial charge is 0.166 e. The highest BCUT2D eigenvalue weighted by molar-refractivity contribution is 9.11. The van der Waals surface area contributed by atoms with Crippen molar-refractivity contribution in [3.8, 4) is 17.2 Å². The number of aromatic hydroxyl groups is 2. The van der Waals surface area contributed by atoms with Gasteiger partial charge in [-0.15, -0.1) is 0 Å². The van der Waals surface area contributed by atoms with Crippen LogP contribution in [0.3, 0.4) is 0 Å². The molecule has 0 spiro atoms. The number of ether oxygens (including phenoxy) is 1. The van der Waals surface area contributed by atoms with Crippen molar-refractivity contribution in [3.05, 3.63) is 44.8 Å². The molecule has 0 aliphatic carbocycles. The largest absolute Gasteiger partial charge is 0.508 e. The number of phenolic OH excluding ortho intramolecular Hbond substituents is 2. The summed E-state index contributed by atoms with van der Waals surface area (Å²) in [5.74, 6) is 0.550. The van der Waals surface area contributed by atoms with Gasteiger partial charge in [0.15, 0.2) is 11.5 Å². The van der Waals surface area contributed by atoms with Gasteiger partial charge in [-0.25, -0.2) is 0 Å². The highest BCUT2D eigenvalue weighted by Gasteiger charge is 2.08. The van der Waals surface area contributed by atoms with Crippen LogP contribution >= 0.6 is 31.9 Å². The fourth-order valence-corrected chi connectivity index (χ4v) is 2.98. The Morgan fingerprint density at radius 2 is 1.80 bits per heavy atom. The highest BCUT2D eigenvalue weighted by atomic mass is 79.9. The van der Waals surface area contributed by atoms with Crippen molar-refractivity contribution >= 4 is 43.8 Å². The Bertz CT molecular complexity index is 648. The van der Waals surface area contributed by atoms with E-state index in [1.165, 1.54) is 13.3 Å². The first-order valence-corrected chi connectivity index (χ1v) is 7.19. The lowest BCUT2D eigenvalue weighted by Gasteiger charge is -2.06. The standard InChI is InChI=1S/C14H11Br2NO3/c1-20-12-4-2-3-8(14(12)19)7-17-13-10(15)5-9(18)6-11(13)16/h2-7,18-19H,1H3. The first kappa shape index (κ1) is 14.9. The molecule has 2 aromatic carbocycles. The first-order valence-electron chi connectivity index (χ1n) is 5.61. The van der Waals surface area contributed by atoms with Crippen LogP contribution in [0.25, 0.3) is 0 Å². The number of nitrogens with zero attached hydrogens (tertiary/aromatic N) is 1. The van der Waals surface area contributed by atoms with E-state index in [1.54, 1.807) is 30.3 Å². The van der Waals surface area contributed by atoms with E-state index in [0.29, 0.717) is 25.9 Å². The predicted octanol–water partition coefficient (Wildman–Crippen LogP) is 4.38. The number of methoxy groups -OCH3 is 1. The fourth-order valence-electron chi connectivity index (χ4n) is 1.62. The van der Waals surface area contributed by atoms with Gasteiger partial charge in [0.25, 0.3) is 0 Å². The Kier molecular flexibility index (Phi) is 4.67. The zero-order valence-electron chi connectivity index (χ0n) is 10.5. The Balaban J connectivity index is 2.40. The van der Waals surface area contributed by atoms with E-state index in [0.717, 1.165) is 0 Å². The lowest BCUT2D eigenvalue weighted by atomic mass is 10.2. The zero-order valence-corrected chi connectivity index (χ0v) is 13.6. The molecular formula is C14H11Br2NO3. The topological polar surface area (TPSA) is 62.0 Å². The van der Waals surface area contributed by atoms with Gasteiger partial charge in [-0.1, -0.05) is 6.07 Å². The van der Waals surface area contributed by atoms with Crippen molar-refractivity contribution in [3.63, 3.8) is 0 Å². The fraction of sp³-hybridized carbons (Fsp3) is 0.0714. The van der Waals surface area contributed by atoms with Gasteiger partial charge in [0.1, 0.15) is 5.75 Å². The molecule has 0 saturated carbocycles. The minimum atomic E-state index is 0.0322. The number of hydrogen-bond donors (Lipinski definition) is 2. The van der Waals surface area contributed by atoms with Crippen LogP contribution in [0.4, 0.5) is 5.69 Å². The third-order valence-corrected chi connectivity index (χ3v) is 3.79. The van der Waals surface area contributed by atoms with Gasteiger partial charge < -0.3 is 14.9 Å². The molecule has 6 heteroatoms. The third-order valence-electron chi connectivity index (χ3n) is 2.58. The van der Waals surface area contributed by atoms with Gasteiger partial charge in [0.05, 0.1) is 12.8 Å². The quantitative estimate of drug-likeness (QED) is 0.751. The predicted molar refractivity (Wildman–Crippen MR) is 85.4 cm³/mol. The Hall–Kier alpha value is -1.53. The Labute approximate surface area is 133 Å². The molecule has 2 rings (SSSR count). The molecule has 0 aliphatic rings. The van der Waals surface area contributed by atoms with Crippen LogP contribution < -0.4 is 4.74 Å². The van der Waals surface area contributed by atoms with Crippen LogP contribution in [0.5, 0.6) is 17.2 Å². The Morgan fingerprint density at radius 3 is 2.40 bits per heavy atom. The van der Waals surface area contributed by atoms with Crippen LogP contribution in [0.15, 0.2) is 44.3 Å². The first-order chi connectivity index (χ1) is 9.52. The second kappa shape index (κ2) is 6.28. The van der Waals surface area contributed by atoms with Crippen molar-refractivity contribution < 1.29 is 14.9 Å². The molecule has 0 aliphatic heterocycles. The van der Waals surface area contributed by atoms with Crippen molar-refractivity contribution in [2.45, 2.75) is 0 Å². The van der Waals surface area contributed by atoms with E-state index in [1.807, 2.05) is 0 Å². The number of halogens is 2. The van der Waals surface area contributed by atoms with E-state index in [4.69, 9.17) is 4.74 Å². The summed E-state index contributed by atoms with van der Waals surface area (Å²) in [6.07, 6.45) is 1.53. The molecule has 20 heavy (non-hydrogen) atoms. The van der Waals surface area contributed by atoms with E-state index in [9.17, 15) is 10.2 Å². The van der Waals surface area contributed by atoms with Crippen molar-refractivity contribution in [1.29, 1.82) is 0 Å². The minimum absolute atomic E-state index is 0.0322. The molecular weight excluding hydrogens is 390 g/mol. The molecule has 0 fully saturated rings. The normalized spacial score (nSPS) is 10.9. The molecule has 0 atom stereocenters. The lowest BCUT2D eigenvalue weighted by Crippen LogP contribution is -1.88. The lowest BCUT2D eigenvalue weighted by molar-refractivity contribution is 0.373. The van der Waals surface area contributed by atoms with E-state index < -0.39 is 0 Å². The molecule has 104 valence electrons. The monoisotopic (exact) mass is 399 g/mol. The van der Waals surface area contributed by atoms with Gasteiger partial charge in [-0.05, 0) is 56.1 Å². The molecule has 0 saturated heterocycles. The van der Waals surface area contributed by atoms with E-state index in [2.05, 4.69) is 36.9 Å². The molecule has 0 radical (unpaired) electrons. The summed E-state index contributed by atoms with van der Waals surface area (Å²) in [5, 5.41) is 19.4. The number of rotatable bonds is 3. The molecule has 0 bridgehead atoms. The molecule has 2 aromatic rings. The molecule has 4 nitrogen and oxygen atoms in total. The minimum Gasteiger partial charge on any atom is -0.508 e. The van der Waals surface area contributed by atoms with Gasteiger partial charge in [-0.2, -0.15) is 0 Å². The SMILES string of the molecule is COc1cccc(C=Nc2c(Br)cc(O)cc2Br)c1O. The van der Waals surface area contributed by atoms with Gasteiger partial charge in [0.2, 0.25) is 0 Å². The molecule has 0 heterocycles. The van der Waals surface area contributed by atoms with Gasteiger partial charge >= 0.3 is 0 Å². The maximum absolute atomic E-state index is 9.97. The average Bonchev–Trinajstić information content (AvgIpc) is 2.39. The van der Waals surface area contributed by atoms with Gasteiger partial charge in [-0.3, -0.25) is 4.99 Å². The third kappa shape index (κ3) is 3.13. The maximum atomic E-state index is 9.97. The van der Waals surface area contributed by atoms with Crippen LogP contribution in [0, 0.1) is 0 Å². The molecule has 0 aromatic heterocycles. The average molecular weight is 401 g/mol. The van der Waals surface area contributed by atoms with Crippen LogP contribution in [-0.2, 0) is 0 Å². The van der Waals surface area contributed by atoms with E-state index >= 15 is 0 Å². The second-order valence-corrected chi connectivity index (χ2v) is 5.62. The number of phenols is 2. The molecule has 0 amide bonds. The number of aliphatic imine (C=N–C) groups is 1.